The number of nitrogens with two attached hydrogens (primary N) is 1. The summed E-state index contributed by atoms with van der Waals surface area (Å²) in [5.41, 5.74) is 9.12. The van der Waals surface area contributed by atoms with Gasteiger partial charge in [-0.05, 0) is 30.5 Å². The van der Waals surface area contributed by atoms with Gasteiger partial charge in [-0.25, -0.2) is 4.98 Å². The number of nitrogens with zero attached hydrogens (tertiary/aromatic N) is 2. The Morgan fingerprint density at radius 2 is 2.12 bits per heavy atom. The van der Waals surface area contributed by atoms with Crippen molar-refractivity contribution < 1.29 is 0 Å². The number of rotatable bonds is 2. The number of hydrogen-bond donors (Lipinski definition) is 1. The Labute approximate surface area is 95.3 Å². The highest BCUT2D eigenvalue weighted by molar-refractivity contribution is 5.76. The van der Waals surface area contributed by atoms with Gasteiger partial charge in [-0.1, -0.05) is 18.9 Å². The molecule has 0 spiro atoms. The summed E-state index contributed by atoms with van der Waals surface area (Å²) < 4.78 is 2.34. The molecule has 84 valence electrons. The van der Waals surface area contributed by atoms with E-state index in [1.54, 1.807) is 0 Å². The summed E-state index contributed by atoms with van der Waals surface area (Å²) in [6, 6.07) is 7.02. The van der Waals surface area contributed by atoms with Crippen molar-refractivity contribution in [3.63, 3.8) is 0 Å². The maximum Gasteiger partial charge on any atom is 0.0960 e. The normalized spacial score (nSPS) is 17.3. The minimum atomic E-state index is 0.590. The van der Waals surface area contributed by atoms with Crippen molar-refractivity contribution in [3.05, 3.63) is 30.1 Å². The monoisotopic (exact) mass is 215 g/mol. The van der Waals surface area contributed by atoms with Crippen molar-refractivity contribution in [2.45, 2.75) is 38.3 Å². The molecular formula is C13H17N3. The topological polar surface area (TPSA) is 43.8 Å². The molecule has 0 saturated heterocycles. The Hall–Kier alpha value is -1.35. The second-order valence-corrected chi connectivity index (χ2v) is 4.62. The fraction of sp³-hybridized carbons (Fsp3) is 0.462. The lowest BCUT2D eigenvalue weighted by molar-refractivity contribution is 0.532. The molecule has 0 atom stereocenters. The smallest absolute Gasteiger partial charge is 0.0960 e. The van der Waals surface area contributed by atoms with Crippen molar-refractivity contribution >= 4 is 11.0 Å². The first-order chi connectivity index (χ1) is 7.88. The van der Waals surface area contributed by atoms with Crippen LogP contribution in [0, 0.1) is 0 Å². The highest BCUT2D eigenvalue weighted by Gasteiger charge is 2.18. The number of benzene rings is 1. The molecule has 0 aliphatic heterocycles. The van der Waals surface area contributed by atoms with Gasteiger partial charge in [0.05, 0.1) is 17.4 Å². The Balaban J connectivity index is 2.06. The maximum atomic E-state index is 5.64. The molecule has 3 heteroatoms. The number of hydrogen-bond acceptors (Lipinski definition) is 2. The SMILES string of the molecule is NCc1ccc2c(c1)ncn2C1CCCC1. The lowest BCUT2D eigenvalue weighted by Crippen LogP contribution is -2.02. The van der Waals surface area contributed by atoms with E-state index >= 15 is 0 Å². The van der Waals surface area contributed by atoms with E-state index in [1.165, 1.54) is 31.2 Å². The van der Waals surface area contributed by atoms with Gasteiger partial charge in [0.25, 0.3) is 0 Å². The molecule has 3 nitrogen and oxygen atoms in total. The molecule has 1 aliphatic carbocycles. The van der Waals surface area contributed by atoms with E-state index in [2.05, 4.69) is 27.8 Å². The van der Waals surface area contributed by atoms with Crippen LogP contribution >= 0.6 is 0 Å². The zero-order valence-electron chi connectivity index (χ0n) is 9.39. The predicted molar refractivity (Wildman–Crippen MR) is 65.1 cm³/mol. The van der Waals surface area contributed by atoms with E-state index in [1.807, 2.05) is 6.33 Å². The first kappa shape index (κ1) is 9.85. The second-order valence-electron chi connectivity index (χ2n) is 4.62. The molecule has 0 amide bonds. The largest absolute Gasteiger partial charge is 0.327 e. The van der Waals surface area contributed by atoms with Crippen LogP contribution in [-0.4, -0.2) is 9.55 Å². The van der Waals surface area contributed by atoms with Crippen LogP contribution in [0.25, 0.3) is 11.0 Å². The van der Waals surface area contributed by atoms with Crippen molar-refractivity contribution in [2.24, 2.45) is 5.73 Å². The van der Waals surface area contributed by atoms with E-state index in [9.17, 15) is 0 Å². The van der Waals surface area contributed by atoms with E-state index < -0.39 is 0 Å². The first-order valence-electron chi connectivity index (χ1n) is 6.04. The first-order valence-corrected chi connectivity index (χ1v) is 6.04. The van der Waals surface area contributed by atoms with Gasteiger partial charge < -0.3 is 10.3 Å². The van der Waals surface area contributed by atoms with Crippen LogP contribution < -0.4 is 5.73 Å². The lowest BCUT2D eigenvalue weighted by atomic mass is 10.2. The maximum absolute atomic E-state index is 5.64. The summed E-state index contributed by atoms with van der Waals surface area (Å²) in [7, 11) is 0. The zero-order chi connectivity index (χ0) is 11.0. The Kier molecular flexibility index (Phi) is 2.40. The number of fused-ring (bicyclic) bond motifs is 1. The van der Waals surface area contributed by atoms with Crippen LogP contribution in [0.15, 0.2) is 24.5 Å². The van der Waals surface area contributed by atoms with E-state index in [0.29, 0.717) is 12.6 Å². The highest BCUT2D eigenvalue weighted by atomic mass is 15.1. The molecule has 2 N–H and O–H groups in total. The molecule has 1 fully saturated rings. The molecule has 2 aromatic rings. The second kappa shape index (κ2) is 3.91. The summed E-state index contributed by atoms with van der Waals surface area (Å²) >= 11 is 0. The molecule has 1 aromatic carbocycles. The average molecular weight is 215 g/mol. The van der Waals surface area contributed by atoms with Crippen LogP contribution in [0.4, 0.5) is 0 Å². The van der Waals surface area contributed by atoms with Gasteiger partial charge in [0.1, 0.15) is 0 Å². The van der Waals surface area contributed by atoms with Crippen molar-refractivity contribution in [1.29, 1.82) is 0 Å². The molecule has 1 heterocycles. The zero-order valence-corrected chi connectivity index (χ0v) is 9.39. The molecule has 0 radical (unpaired) electrons. The van der Waals surface area contributed by atoms with Crippen LogP contribution in [0.3, 0.4) is 0 Å². The highest BCUT2D eigenvalue weighted by Crippen LogP contribution is 2.32. The van der Waals surface area contributed by atoms with E-state index in [4.69, 9.17) is 5.73 Å². The van der Waals surface area contributed by atoms with Gasteiger partial charge in [0.15, 0.2) is 0 Å². The lowest BCUT2D eigenvalue weighted by Gasteiger charge is -2.12. The Morgan fingerprint density at radius 3 is 2.88 bits per heavy atom. The van der Waals surface area contributed by atoms with E-state index in [0.717, 1.165) is 11.1 Å². The molecule has 1 saturated carbocycles. The molecule has 0 bridgehead atoms. The van der Waals surface area contributed by atoms with Gasteiger partial charge in [-0.15, -0.1) is 0 Å². The fourth-order valence-electron chi connectivity index (χ4n) is 2.68. The van der Waals surface area contributed by atoms with Crippen LogP contribution in [0.2, 0.25) is 0 Å². The van der Waals surface area contributed by atoms with Gasteiger partial charge in [0, 0.05) is 12.6 Å². The van der Waals surface area contributed by atoms with Gasteiger partial charge >= 0.3 is 0 Å². The van der Waals surface area contributed by atoms with Crippen molar-refractivity contribution in [3.8, 4) is 0 Å². The van der Waals surface area contributed by atoms with Gasteiger partial charge in [0.2, 0.25) is 0 Å². The van der Waals surface area contributed by atoms with Gasteiger partial charge in [-0.2, -0.15) is 0 Å². The quantitative estimate of drug-likeness (QED) is 0.836. The summed E-state index contributed by atoms with van der Waals surface area (Å²) in [5.74, 6) is 0. The predicted octanol–water partition coefficient (Wildman–Crippen LogP) is 2.61. The van der Waals surface area contributed by atoms with E-state index in [-0.39, 0.29) is 0 Å². The fourth-order valence-corrected chi connectivity index (χ4v) is 2.68. The van der Waals surface area contributed by atoms with Crippen LogP contribution in [0.5, 0.6) is 0 Å². The number of aromatic nitrogens is 2. The molecule has 1 aliphatic rings. The molecule has 16 heavy (non-hydrogen) atoms. The summed E-state index contributed by atoms with van der Waals surface area (Å²) in [5, 5.41) is 0. The average Bonchev–Trinajstić information content (AvgIpc) is 2.96. The molecule has 3 rings (SSSR count). The molecule has 1 aromatic heterocycles. The summed E-state index contributed by atoms with van der Waals surface area (Å²) in [6.45, 7) is 0.590. The number of imidazole rings is 1. The minimum absolute atomic E-state index is 0.590. The molecular weight excluding hydrogens is 198 g/mol. The van der Waals surface area contributed by atoms with Crippen LogP contribution in [0.1, 0.15) is 37.3 Å². The summed E-state index contributed by atoms with van der Waals surface area (Å²) in [4.78, 5) is 4.48. The van der Waals surface area contributed by atoms with Crippen molar-refractivity contribution in [1.82, 2.24) is 9.55 Å². The Morgan fingerprint density at radius 1 is 1.31 bits per heavy atom. The van der Waals surface area contributed by atoms with Gasteiger partial charge in [-0.3, -0.25) is 0 Å². The van der Waals surface area contributed by atoms with Crippen LogP contribution in [-0.2, 0) is 6.54 Å². The third-order valence-corrected chi connectivity index (χ3v) is 3.59. The Bertz CT molecular complexity index is 495. The summed E-state index contributed by atoms with van der Waals surface area (Å²) in [6.07, 6.45) is 7.28. The molecule has 0 unspecified atom stereocenters. The minimum Gasteiger partial charge on any atom is -0.327 e. The standard InChI is InChI=1S/C13H17N3/c14-8-10-5-6-13-12(7-10)15-9-16(13)11-3-1-2-4-11/h5-7,9,11H,1-4,8,14H2. The third-order valence-electron chi connectivity index (χ3n) is 3.59. The van der Waals surface area contributed by atoms with Crippen molar-refractivity contribution in [2.75, 3.05) is 0 Å². The third kappa shape index (κ3) is 1.52.